The fourth-order valence-electron chi connectivity index (χ4n) is 2.08. The van der Waals surface area contributed by atoms with Gasteiger partial charge in [-0.1, -0.05) is 29.8 Å². The van der Waals surface area contributed by atoms with E-state index in [0.29, 0.717) is 15.5 Å². The van der Waals surface area contributed by atoms with Crippen molar-refractivity contribution in [1.29, 1.82) is 0 Å². The average molecular weight is 351 g/mol. The summed E-state index contributed by atoms with van der Waals surface area (Å²) in [5, 5.41) is 1.18. The molecule has 118 valence electrons. The fourth-order valence-corrected chi connectivity index (χ4v) is 3.48. The minimum absolute atomic E-state index is 0.0164. The maximum Gasteiger partial charge on any atom is 0.374 e. The molecule has 0 bridgehead atoms. The Morgan fingerprint density at radius 2 is 2.00 bits per heavy atom. The van der Waals surface area contributed by atoms with Crippen LogP contribution in [0.4, 0.5) is 0 Å². The number of benzene rings is 1. The van der Waals surface area contributed by atoms with Crippen LogP contribution in [0.15, 0.2) is 41.0 Å². The predicted octanol–water partition coefficient (Wildman–Crippen LogP) is 4.29. The molecule has 0 aliphatic rings. The summed E-state index contributed by atoms with van der Waals surface area (Å²) in [6.45, 7) is -0.107. The largest absolute Gasteiger partial charge is 0.463 e. The van der Waals surface area contributed by atoms with Gasteiger partial charge < -0.3 is 13.9 Å². The quantitative estimate of drug-likeness (QED) is 0.656. The highest BCUT2D eigenvalue weighted by molar-refractivity contribution is 7.21. The zero-order valence-electron chi connectivity index (χ0n) is 12.0. The van der Waals surface area contributed by atoms with Crippen LogP contribution < -0.4 is 0 Å². The summed E-state index contributed by atoms with van der Waals surface area (Å²) >= 11 is 7.50. The first-order chi connectivity index (χ1) is 11.1. The first-order valence-electron chi connectivity index (χ1n) is 6.60. The van der Waals surface area contributed by atoms with Crippen LogP contribution in [0.25, 0.3) is 10.1 Å². The minimum atomic E-state index is -0.624. The molecular formula is C16H11ClO5S. The zero-order chi connectivity index (χ0) is 16.4. The van der Waals surface area contributed by atoms with E-state index in [4.69, 9.17) is 20.8 Å². The second-order valence-corrected chi connectivity index (χ2v) is 6.01. The number of fused-ring (bicyclic) bond motifs is 1. The maximum absolute atomic E-state index is 12.2. The number of furan rings is 1. The van der Waals surface area contributed by atoms with Gasteiger partial charge >= 0.3 is 11.9 Å². The summed E-state index contributed by atoms with van der Waals surface area (Å²) in [5.74, 6) is -1.16. The van der Waals surface area contributed by atoms with Crippen LogP contribution >= 0.6 is 22.9 Å². The van der Waals surface area contributed by atoms with Gasteiger partial charge in [-0.15, -0.1) is 11.3 Å². The molecule has 2 heterocycles. The Morgan fingerprint density at radius 3 is 2.74 bits per heavy atom. The van der Waals surface area contributed by atoms with Crippen LogP contribution in [0, 0.1) is 0 Å². The van der Waals surface area contributed by atoms with Gasteiger partial charge in [-0.3, -0.25) is 0 Å². The third-order valence-corrected chi connectivity index (χ3v) is 4.85. The molecule has 0 aliphatic carbocycles. The van der Waals surface area contributed by atoms with E-state index in [0.717, 1.165) is 10.1 Å². The van der Waals surface area contributed by atoms with Crippen molar-refractivity contribution in [3.63, 3.8) is 0 Å². The lowest BCUT2D eigenvalue weighted by atomic mass is 10.2. The summed E-state index contributed by atoms with van der Waals surface area (Å²) in [6, 6.07) is 9.00. The summed E-state index contributed by atoms with van der Waals surface area (Å²) in [4.78, 5) is 24.1. The van der Waals surface area contributed by atoms with Crippen molar-refractivity contribution in [3.8, 4) is 0 Å². The standard InChI is InChI=1S/C16H11ClO5S/c1-20-15(18)13-9(6-7-21-13)8-22-16(19)14-12(17)10-4-2-3-5-11(10)23-14/h2-7H,8H2,1H3. The van der Waals surface area contributed by atoms with Gasteiger partial charge in [-0.05, 0) is 12.1 Å². The smallest absolute Gasteiger partial charge is 0.374 e. The van der Waals surface area contributed by atoms with Gasteiger partial charge in [0.1, 0.15) is 11.5 Å². The number of thiophene rings is 1. The number of hydrogen-bond donors (Lipinski definition) is 0. The third-order valence-electron chi connectivity index (χ3n) is 3.20. The van der Waals surface area contributed by atoms with Gasteiger partial charge in [0.15, 0.2) is 0 Å². The fraction of sp³-hybridized carbons (Fsp3) is 0.125. The van der Waals surface area contributed by atoms with Crippen LogP contribution in [0.5, 0.6) is 0 Å². The summed E-state index contributed by atoms with van der Waals surface area (Å²) in [7, 11) is 1.25. The normalized spacial score (nSPS) is 10.7. The van der Waals surface area contributed by atoms with E-state index in [1.54, 1.807) is 6.07 Å². The zero-order valence-corrected chi connectivity index (χ0v) is 13.6. The van der Waals surface area contributed by atoms with Crippen molar-refractivity contribution < 1.29 is 23.5 Å². The molecule has 2 aromatic heterocycles. The molecule has 5 nitrogen and oxygen atoms in total. The molecule has 0 fully saturated rings. The Labute approximate surface area is 140 Å². The summed E-state index contributed by atoms with van der Waals surface area (Å²) in [6.07, 6.45) is 1.34. The van der Waals surface area contributed by atoms with Crippen molar-refractivity contribution in [3.05, 3.63) is 57.8 Å². The topological polar surface area (TPSA) is 65.7 Å². The Morgan fingerprint density at radius 1 is 1.22 bits per heavy atom. The Kier molecular flexibility index (Phi) is 4.36. The lowest BCUT2D eigenvalue weighted by molar-refractivity contribution is 0.0458. The van der Waals surface area contributed by atoms with Gasteiger partial charge in [0.2, 0.25) is 5.76 Å². The Balaban J connectivity index is 1.78. The SMILES string of the molecule is COC(=O)c1occc1COC(=O)c1sc2ccccc2c1Cl. The van der Waals surface area contributed by atoms with E-state index in [1.807, 2.05) is 24.3 Å². The molecule has 0 N–H and O–H groups in total. The van der Waals surface area contributed by atoms with Crippen molar-refractivity contribution >= 4 is 45.0 Å². The molecule has 0 amide bonds. The number of carbonyl (C=O) groups excluding carboxylic acids is 2. The van der Waals surface area contributed by atoms with Crippen LogP contribution in [-0.2, 0) is 16.1 Å². The van der Waals surface area contributed by atoms with Gasteiger partial charge in [0.05, 0.1) is 18.4 Å². The van der Waals surface area contributed by atoms with E-state index >= 15 is 0 Å². The second kappa shape index (κ2) is 6.44. The minimum Gasteiger partial charge on any atom is -0.463 e. The second-order valence-electron chi connectivity index (χ2n) is 4.58. The van der Waals surface area contributed by atoms with Gasteiger partial charge in [-0.25, -0.2) is 9.59 Å². The van der Waals surface area contributed by atoms with Gasteiger partial charge in [0.25, 0.3) is 0 Å². The number of rotatable bonds is 4. The van der Waals surface area contributed by atoms with Crippen LogP contribution in [0.1, 0.15) is 25.8 Å². The molecule has 1 aromatic carbocycles. The lowest BCUT2D eigenvalue weighted by Crippen LogP contribution is -2.07. The van der Waals surface area contributed by atoms with E-state index in [-0.39, 0.29) is 12.4 Å². The molecule has 3 aromatic rings. The number of ether oxygens (including phenoxy) is 2. The Bertz CT molecular complexity index is 880. The summed E-state index contributed by atoms with van der Waals surface area (Å²) < 4.78 is 15.8. The highest BCUT2D eigenvalue weighted by Gasteiger charge is 2.21. The summed E-state index contributed by atoms with van der Waals surface area (Å²) in [5.41, 5.74) is 0.433. The van der Waals surface area contributed by atoms with Crippen LogP contribution in [0.3, 0.4) is 0 Å². The predicted molar refractivity (Wildman–Crippen MR) is 86.0 cm³/mol. The first-order valence-corrected chi connectivity index (χ1v) is 7.80. The number of hydrogen-bond acceptors (Lipinski definition) is 6. The molecule has 0 saturated heterocycles. The number of esters is 2. The average Bonchev–Trinajstić information content (AvgIpc) is 3.17. The first kappa shape index (κ1) is 15.6. The monoisotopic (exact) mass is 350 g/mol. The van der Waals surface area contributed by atoms with Gasteiger partial charge in [-0.2, -0.15) is 0 Å². The molecule has 0 atom stereocenters. The molecule has 0 saturated carbocycles. The molecule has 3 rings (SSSR count). The molecule has 0 unspecified atom stereocenters. The number of halogens is 1. The molecule has 0 spiro atoms. The molecular weight excluding hydrogens is 340 g/mol. The number of carbonyl (C=O) groups is 2. The van der Waals surface area contributed by atoms with Crippen molar-refractivity contribution in [2.24, 2.45) is 0 Å². The molecule has 0 radical (unpaired) electrons. The Hall–Kier alpha value is -2.31. The van der Waals surface area contributed by atoms with Gasteiger partial charge in [0, 0.05) is 15.6 Å². The van der Waals surface area contributed by atoms with E-state index in [9.17, 15) is 9.59 Å². The van der Waals surface area contributed by atoms with Crippen molar-refractivity contribution in [1.82, 2.24) is 0 Å². The van der Waals surface area contributed by atoms with Crippen LogP contribution in [-0.4, -0.2) is 19.0 Å². The third kappa shape index (κ3) is 2.95. The molecule has 7 heteroatoms. The highest BCUT2D eigenvalue weighted by atomic mass is 35.5. The molecule has 23 heavy (non-hydrogen) atoms. The number of methoxy groups -OCH3 is 1. The van der Waals surface area contributed by atoms with E-state index < -0.39 is 11.9 Å². The van der Waals surface area contributed by atoms with Crippen molar-refractivity contribution in [2.75, 3.05) is 7.11 Å². The lowest BCUT2D eigenvalue weighted by Gasteiger charge is -2.03. The van der Waals surface area contributed by atoms with Crippen LogP contribution in [0.2, 0.25) is 5.02 Å². The maximum atomic E-state index is 12.2. The van der Waals surface area contributed by atoms with E-state index in [2.05, 4.69) is 4.74 Å². The molecule has 0 aliphatic heterocycles. The van der Waals surface area contributed by atoms with E-state index in [1.165, 1.54) is 24.7 Å². The highest BCUT2D eigenvalue weighted by Crippen LogP contribution is 2.35. The van der Waals surface area contributed by atoms with Crippen molar-refractivity contribution in [2.45, 2.75) is 6.61 Å².